The molecule has 2 aromatic heterocycles. The first-order valence-corrected chi connectivity index (χ1v) is 8.15. The molecular formula is C20H16N4O3. The van der Waals surface area contributed by atoms with Gasteiger partial charge in [0.15, 0.2) is 6.61 Å². The highest BCUT2D eigenvalue weighted by Gasteiger charge is 2.10. The van der Waals surface area contributed by atoms with Gasteiger partial charge >= 0.3 is 0 Å². The first kappa shape index (κ1) is 17.9. The molecule has 0 saturated carbocycles. The maximum absolute atomic E-state index is 11.9. The van der Waals surface area contributed by atoms with Crippen LogP contribution in [0, 0.1) is 18.3 Å². The number of aryl methyl sites for hydroxylation is 1. The third kappa shape index (κ3) is 4.38. The maximum atomic E-state index is 11.9. The Kier molecular flexibility index (Phi) is 5.28. The fraction of sp³-hybridized carbons (Fsp3) is 0.100. The normalized spacial score (nSPS) is 10.1. The van der Waals surface area contributed by atoms with Crippen LogP contribution in [-0.2, 0) is 4.79 Å². The zero-order valence-corrected chi connectivity index (χ0v) is 14.5. The highest BCUT2D eigenvalue weighted by Crippen LogP contribution is 2.24. The first-order chi connectivity index (χ1) is 13.1. The minimum absolute atomic E-state index is 0.0593. The summed E-state index contributed by atoms with van der Waals surface area (Å²) in [4.78, 5) is 30.4. The summed E-state index contributed by atoms with van der Waals surface area (Å²) in [5.74, 6) is 0.625. The number of rotatable bonds is 5. The number of hydrogen-bond acceptors (Lipinski definition) is 5. The topological polar surface area (TPSA) is 108 Å². The van der Waals surface area contributed by atoms with Crippen molar-refractivity contribution in [3.8, 4) is 22.9 Å². The summed E-state index contributed by atoms with van der Waals surface area (Å²) in [6, 6.07) is 15.7. The zero-order valence-electron chi connectivity index (χ0n) is 14.5. The number of aromatic nitrogens is 2. The molecule has 7 nitrogen and oxygen atoms in total. The molecule has 27 heavy (non-hydrogen) atoms. The van der Waals surface area contributed by atoms with Crippen molar-refractivity contribution in [1.82, 2.24) is 9.97 Å². The van der Waals surface area contributed by atoms with E-state index in [-0.39, 0.29) is 18.1 Å². The lowest BCUT2D eigenvalue weighted by Gasteiger charge is -2.09. The Balaban J connectivity index is 1.69. The van der Waals surface area contributed by atoms with Gasteiger partial charge in [0.2, 0.25) is 0 Å². The van der Waals surface area contributed by atoms with E-state index in [9.17, 15) is 14.9 Å². The Morgan fingerprint density at radius 1 is 1.26 bits per heavy atom. The number of pyridine rings is 2. The summed E-state index contributed by atoms with van der Waals surface area (Å²) in [7, 11) is 0. The molecule has 3 aromatic rings. The number of anilines is 1. The van der Waals surface area contributed by atoms with Crippen LogP contribution in [0.3, 0.4) is 0 Å². The van der Waals surface area contributed by atoms with E-state index in [1.807, 2.05) is 6.07 Å². The fourth-order valence-electron chi connectivity index (χ4n) is 2.52. The van der Waals surface area contributed by atoms with Crippen LogP contribution in [0.2, 0.25) is 0 Å². The number of carbonyl (C=O) groups excluding carboxylic acids is 1. The van der Waals surface area contributed by atoms with Crippen LogP contribution in [-0.4, -0.2) is 22.5 Å². The van der Waals surface area contributed by atoms with Crippen LogP contribution in [0.1, 0.15) is 11.3 Å². The average Bonchev–Trinajstić information content (AvgIpc) is 2.67. The molecule has 0 fully saturated rings. The van der Waals surface area contributed by atoms with E-state index in [1.54, 1.807) is 61.7 Å². The van der Waals surface area contributed by atoms with Crippen molar-refractivity contribution in [2.75, 3.05) is 11.9 Å². The number of hydrogen-bond donors (Lipinski definition) is 2. The molecule has 134 valence electrons. The van der Waals surface area contributed by atoms with Gasteiger partial charge in [0.05, 0.1) is 0 Å². The summed E-state index contributed by atoms with van der Waals surface area (Å²) >= 11 is 0. The lowest BCUT2D eigenvalue weighted by Crippen LogP contribution is -2.20. The molecule has 7 heteroatoms. The number of carbonyl (C=O) groups is 1. The molecule has 3 rings (SSSR count). The summed E-state index contributed by atoms with van der Waals surface area (Å²) in [5, 5.41) is 11.9. The molecule has 0 aliphatic heterocycles. The maximum Gasteiger partial charge on any atom is 0.266 e. The number of aromatic amines is 1. The molecule has 1 amide bonds. The molecule has 0 saturated heterocycles. The van der Waals surface area contributed by atoms with E-state index in [1.165, 1.54) is 0 Å². The second-order valence-corrected chi connectivity index (χ2v) is 5.76. The van der Waals surface area contributed by atoms with Gasteiger partial charge in [-0.2, -0.15) is 5.26 Å². The van der Waals surface area contributed by atoms with Gasteiger partial charge in [0.25, 0.3) is 11.5 Å². The highest BCUT2D eigenvalue weighted by molar-refractivity contribution is 5.90. The van der Waals surface area contributed by atoms with Gasteiger partial charge in [0, 0.05) is 17.5 Å². The fourth-order valence-corrected chi connectivity index (χ4v) is 2.52. The molecule has 0 unspecified atom stereocenters. The molecule has 1 aromatic carbocycles. The predicted molar refractivity (Wildman–Crippen MR) is 100 cm³/mol. The van der Waals surface area contributed by atoms with E-state index >= 15 is 0 Å². The van der Waals surface area contributed by atoms with E-state index < -0.39 is 5.56 Å². The lowest BCUT2D eigenvalue weighted by atomic mass is 10.0. The molecule has 0 aliphatic rings. The number of ether oxygens (including phenoxy) is 1. The molecular weight excluding hydrogens is 344 g/mol. The van der Waals surface area contributed by atoms with Gasteiger partial charge in [-0.3, -0.25) is 9.59 Å². The quantitative estimate of drug-likeness (QED) is 0.727. The standard InChI is InChI=1S/C20H16N4O3/c1-13-10-16(17(11-21)20(26)23-13)14-5-7-15(8-6-14)27-12-19(25)24-18-4-2-3-9-22-18/h2-10H,12H2,1H3,(H,23,26)(H,22,24,25). The Morgan fingerprint density at radius 2 is 2.04 bits per heavy atom. The summed E-state index contributed by atoms with van der Waals surface area (Å²) < 4.78 is 5.46. The second kappa shape index (κ2) is 7.97. The minimum Gasteiger partial charge on any atom is -0.484 e. The van der Waals surface area contributed by atoms with Crippen LogP contribution < -0.4 is 15.6 Å². The number of benzene rings is 1. The third-order valence-electron chi connectivity index (χ3n) is 3.75. The Hall–Kier alpha value is -3.92. The Morgan fingerprint density at radius 3 is 2.70 bits per heavy atom. The highest BCUT2D eigenvalue weighted by atomic mass is 16.5. The number of nitriles is 1. The summed E-state index contributed by atoms with van der Waals surface area (Å²) in [5.41, 5.74) is 1.58. The largest absolute Gasteiger partial charge is 0.484 e. The molecule has 0 spiro atoms. The van der Waals surface area contributed by atoms with Crippen LogP contribution >= 0.6 is 0 Å². The number of amides is 1. The van der Waals surface area contributed by atoms with E-state index in [4.69, 9.17) is 4.74 Å². The van der Waals surface area contributed by atoms with Crippen molar-refractivity contribution in [2.45, 2.75) is 6.92 Å². The third-order valence-corrected chi connectivity index (χ3v) is 3.75. The smallest absolute Gasteiger partial charge is 0.266 e. The molecule has 2 N–H and O–H groups in total. The van der Waals surface area contributed by atoms with Crippen molar-refractivity contribution in [1.29, 1.82) is 5.26 Å². The molecule has 0 radical (unpaired) electrons. The summed E-state index contributed by atoms with van der Waals surface area (Å²) in [6.07, 6.45) is 1.58. The molecule has 2 heterocycles. The van der Waals surface area contributed by atoms with Crippen molar-refractivity contribution >= 4 is 11.7 Å². The SMILES string of the molecule is Cc1cc(-c2ccc(OCC(=O)Nc3ccccn3)cc2)c(C#N)c(=O)[nH]1. The number of nitrogens with zero attached hydrogens (tertiary/aromatic N) is 2. The van der Waals surface area contributed by atoms with Crippen molar-refractivity contribution in [2.24, 2.45) is 0 Å². The minimum atomic E-state index is -0.418. The van der Waals surface area contributed by atoms with Crippen LogP contribution in [0.25, 0.3) is 11.1 Å². The monoisotopic (exact) mass is 360 g/mol. The average molecular weight is 360 g/mol. The predicted octanol–water partition coefficient (Wildman–Crippen LogP) is 2.63. The van der Waals surface area contributed by atoms with Gasteiger partial charge in [-0.15, -0.1) is 0 Å². The van der Waals surface area contributed by atoms with Gasteiger partial charge in [-0.05, 0) is 42.8 Å². The van der Waals surface area contributed by atoms with Gasteiger partial charge in [-0.1, -0.05) is 18.2 Å². The number of nitrogens with one attached hydrogen (secondary N) is 2. The Labute approximate surface area is 155 Å². The molecule has 0 aliphatic carbocycles. The lowest BCUT2D eigenvalue weighted by molar-refractivity contribution is -0.118. The van der Waals surface area contributed by atoms with Crippen molar-refractivity contribution in [3.63, 3.8) is 0 Å². The van der Waals surface area contributed by atoms with Gasteiger partial charge < -0.3 is 15.0 Å². The van der Waals surface area contributed by atoms with E-state index in [2.05, 4.69) is 15.3 Å². The second-order valence-electron chi connectivity index (χ2n) is 5.76. The van der Waals surface area contributed by atoms with E-state index in [0.29, 0.717) is 28.4 Å². The Bertz CT molecular complexity index is 1050. The van der Waals surface area contributed by atoms with E-state index in [0.717, 1.165) is 0 Å². The first-order valence-electron chi connectivity index (χ1n) is 8.15. The van der Waals surface area contributed by atoms with Crippen LogP contribution in [0.4, 0.5) is 5.82 Å². The van der Waals surface area contributed by atoms with Crippen molar-refractivity contribution in [3.05, 3.63) is 76.3 Å². The number of H-pyrrole nitrogens is 1. The van der Waals surface area contributed by atoms with Gasteiger partial charge in [0.1, 0.15) is 23.2 Å². The van der Waals surface area contributed by atoms with Crippen molar-refractivity contribution < 1.29 is 9.53 Å². The zero-order chi connectivity index (χ0) is 19.2. The van der Waals surface area contributed by atoms with Crippen LogP contribution in [0.15, 0.2) is 59.5 Å². The summed E-state index contributed by atoms with van der Waals surface area (Å²) in [6.45, 7) is 1.59. The molecule has 0 bridgehead atoms. The van der Waals surface area contributed by atoms with Crippen LogP contribution in [0.5, 0.6) is 5.75 Å². The van der Waals surface area contributed by atoms with Gasteiger partial charge in [-0.25, -0.2) is 4.98 Å². The molecule has 0 atom stereocenters.